The Morgan fingerprint density at radius 1 is 1.06 bits per heavy atom. The van der Waals surface area contributed by atoms with E-state index in [0.29, 0.717) is 23.7 Å². The van der Waals surface area contributed by atoms with Crippen LogP contribution >= 0.6 is 11.6 Å². The maximum Gasteiger partial charge on any atom is 0.359 e. The largest absolute Gasteiger partial charge is 0.451 e. The molecule has 1 aromatic heterocycles. The van der Waals surface area contributed by atoms with Gasteiger partial charge in [-0.05, 0) is 67.6 Å². The van der Waals surface area contributed by atoms with Gasteiger partial charge in [-0.3, -0.25) is 4.79 Å². The van der Waals surface area contributed by atoms with E-state index in [-0.39, 0.29) is 11.5 Å². The van der Waals surface area contributed by atoms with Gasteiger partial charge in [0.05, 0.1) is 5.69 Å². The third-order valence-electron chi connectivity index (χ3n) is 5.18. The quantitative estimate of drug-likeness (QED) is 0.586. The lowest BCUT2D eigenvalue weighted by molar-refractivity contribution is -0.124. The zero-order chi connectivity index (χ0) is 21.8. The molecule has 0 atom stereocenters. The Bertz CT molecular complexity index is 1090. The fourth-order valence-corrected chi connectivity index (χ4v) is 3.74. The van der Waals surface area contributed by atoms with Gasteiger partial charge in [0.2, 0.25) is 0 Å². The zero-order valence-corrected chi connectivity index (χ0v) is 17.5. The summed E-state index contributed by atoms with van der Waals surface area (Å²) in [6.07, 6.45) is 3.42. The average Bonchev–Trinajstić information content (AvgIpc) is 3.17. The number of esters is 1. The molecule has 0 spiro atoms. The van der Waals surface area contributed by atoms with Crippen LogP contribution in [0.15, 0.2) is 48.5 Å². The summed E-state index contributed by atoms with van der Waals surface area (Å²) in [6, 6.07) is 13.1. The van der Waals surface area contributed by atoms with Crippen LogP contribution in [0.1, 0.15) is 40.2 Å². The summed E-state index contributed by atoms with van der Waals surface area (Å²) in [6.45, 7) is -0.0905. The number of fused-ring (bicyclic) bond motifs is 1. The highest BCUT2D eigenvalue weighted by Crippen LogP contribution is 2.27. The van der Waals surface area contributed by atoms with Gasteiger partial charge in [-0.1, -0.05) is 23.7 Å². The molecule has 6 nitrogen and oxygen atoms in total. The van der Waals surface area contributed by atoms with E-state index in [0.717, 1.165) is 36.1 Å². The van der Waals surface area contributed by atoms with Gasteiger partial charge < -0.3 is 10.1 Å². The molecule has 1 aliphatic rings. The van der Waals surface area contributed by atoms with Crippen molar-refractivity contribution in [1.82, 2.24) is 15.1 Å². The number of carbonyl (C=O) groups is 2. The number of nitrogens with zero attached hydrogens (tertiary/aromatic N) is 2. The second kappa shape index (κ2) is 9.31. The van der Waals surface area contributed by atoms with Crippen LogP contribution in [0.5, 0.6) is 0 Å². The summed E-state index contributed by atoms with van der Waals surface area (Å²) in [5, 5.41) is 7.77. The summed E-state index contributed by atoms with van der Waals surface area (Å²) in [5.41, 5.74) is 3.54. The molecule has 31 heavy (non-hydrogen) atoms. The summed E-state index contributed by atoms with van der Waals surface area (Å²) in [5.74, 6) is -1.38. The monoisotopic (exact) mass is 441 g/mol. The molecule has 1 aliphatic carbocycles. The van der Waals surface area contributed by atoms with Gasteiger partial charge in [0.1, 0.15) is 5.82 Å². The maximum atomic E-state index is 13.3. The SMILES string of the molecule is O=C(COC(=O)c1nn(-c2ccc(F)cc2)c2c1CCCC2)NCc1ccc(Cl)cc1. The Morgan fingerprint density at radius 3 is 2.52 bits per heavy atom. The second-order valence-corrected chi connectivity index (χ2v) is 7.78. The minimum absolute atomic E-state index is 0.213. The van der Waals surface area contributed by atoms with Gasteiger partial charge in [0.25, 0.3) is 5.91 Å². The number of nitrogens with one attached hydrogen (secondary N) is 1. The van der Waals surface area contributed by atoms with Crippen LogP contribution in [-0.2, 0) is 28.9 Å². The molecule has 0 radical (unpaired) electrons. The van der Waals surface area contributed by atoms with Crippen LogP contribution in [0.3, 0.4) is 0 Å². The lowest BCUT2D eigenvalue weighted by Gasteiger charge is -2.14. The van der Waals surface area contributed by atoms with E-state index >= 15 is 0 Å². The highest BCUT2D eigenvalue weighted by molar-refractivity contribution is 6.30. The number of ether oxygens (including phenoxy) is 1. The summed E-state index contributed by atoms with van der Waals surface area (Å²) in [4.78, 5) is 24.8. The summed E-state index contributed by atoms with van der Waals surface area (Å²) < 4.78 is 20.2. The first-order chi connectivity index (χ1) is 15.0. The molecule has 8 heteroatoms. The van der Waals surface area contributed by atoms with Crippen LogP contribution in [0.2, 0.25) is 5.02 Å². The van der Waals surface area contributed by atoms with Gasteiger partial charge in [-0.2, -0.15) is 5.10 Å². The topological polar surface area (TPSA) is 73.2 Å². The predicted octanol–water partition coefficient (Wildman–Crippen LogP) is 4.02. The molecule has 1 heterocycles. The molecule has 0 aliphatic heterocycles. The normalized spacial score (nSPS) is 12.8. The first-order valence-electron chi connectivity index (χ1n) is 10.1. The third kappa shape index (κ3) is 4.94. The number of rotatable bonds is 6. The highest BCUT2D eigenvalue weighted by Gasteiger charge is 2.27. The Morgan fingerprint density at radius 2 is 1.77 bits per heavy atom. The van der Waals surface area contributed by atoms with Crippen LogP contribution in [0.25, 0.3) is 5.69 Å². The Labute approximate surface area is 184 Å². The first kappa shape index (κ1) is 21.1. The lowest BCUT2D eigenvalue weighted by atomic mass is 9.95. The molecule has 1 N–H and O–H groups in total. The lowest BCUT2D eigenvalue weighted by Crippen LogP contribution is -2.28. The molecule has 0 fully saturated rings. The number of aromatic nitrogens is 2. The molecule has 1 amide bonds. The van der Waals surface area contributed by atoms with Gasteiger partial charge in [0, 0.05) is 22.8 Å². The number of halogens is 2. The number of hydrogen-bond acceptors (Lipinski definition) is 4. The van der Waals surface area contributed by atoms with Crippen LogP contribution in [-0.4, -0.2) is 28.3 Å². The van der Waals surface area contributed by atoms with E-state index in [9.17, 15) is 14.0 Å². The van der Waals surface area contributed by atoms with Gasteiger partial charge in [-0.25, -0.2) is 13.9 Å². The molecular weight excluding hydrogens is 421 g/mol. The van der Waals surface area contributed by atoms with Crippen molar-refractivity contribution in [3.8, 4) is 5.69 Å². The van der Waals surface area contributed by atoms with Crippen LogP contribution < -0.4 is 5.32 Å². The summed E-state index contributed by atoms with van der Waals surface area (Å²) in [7, 11) is 0. The van der Waals surface area contributed by atoms with Crippen molar-refractivity contribution < 1.29 is 18.7 Å². The first-order valence-corrected chi connectivity index (χ1v) is 10.4. The van der Waals surface area contributed by atoms with Crippen molar-refractivity contribution in [2.45, 2.75) is 32.2 Å². The second-order valence-electron chi connectivity index (χ2n) is 7.35. The van der Waals surface area contributed by atoms with Crippen molar-refractivity contribution in [3.05, 3.63) is 81.9 Å². The fraction of sp³-hybridized carbons (Fsp3) is 0.261. The molecular formula is C23H21ClFN3O3. The number of carbonyl (C=O) groups excluding carboxylic acids is 2. The smallest absolute Gasteiger partial charge is 0.359 e. The van der Waals surface area contributed by atoms with E-state index in [2.05, 4.69) is 10.4 Å². The molecule has 0 unspecified atom stereocenters. The van der Waals surface area contributed by atoms with E-state index in [1.54, 1.807) is 28.9 Å². The minimum atomic E-state index is -0.638. The van der Waals surface area contributed by atoms with Crippen LogP contribution in [0.4, 0.5) is 4.39 Å². The molecule has 4 rings (SSSR count). The Balaban J connectivity index is 1.42. The average molecular weight is 442 g/mol. The van der Waals surface area contributed by atoms with Crippen LogP contribution in [0, 0.1) is 5.82 Å². The minimum Gasteiger partial charge on any atom is -0.451 e. The van der Waals surface area contributed by atoms with Crippen molar-refractivity contribution in [2.75, 3.05) is 6.61 Å². The van der Waals surface area contributed by atoms with Crippen molar-refractivity contribution in [3.63, 3.8) is 0 Å². The number of amides is 1. The van der Waals surface area contributed by atoms with Crippen molar-refractivity contribution >= 4 is 23.5 Å². The van der Waals surface area contributed by atoms with Crippen molar-refractivity contribution in [2.24, 2.45) is 0 Å². The van der Waals surface area contributed by atoms with E-state index in [1.807, 2.05) is 12.1 Å². The van der Waals surface area contributed by atoms with E-state index in [1.165, 1.54) is 12.1 Å². The number of hydrogen-bond donors (Lipinski definition) is 1. The van der Waals surface area contributed by atoms with Gasteiger partial charge in [-0.15, -0.1) is 0 Å². The Kier molecular flexibility index (Phi) is 6.32. The molecule has 0 bridgehead atoms. The zero-order valence-electron chi connectivity index (χ0n) is 16.7. The predicted molar refractivity (Wildman–Crippen MR) is 114 cm³/mol. The van der Waals surface area contributed by atoms with Gasteiger partial charge >= 0.3 is 5.97 Å². The van der Waals surface area contributed by atoms with Crippen molar-refractivity contribution in [1.29, 1.82) is 0 Å². The fourth-order valence-electron chi connectivity index (χ4n) is 3.61. The molecule has 0 saturated carbocycles. The van der Waals surface area contributed by atoms with Gasteiger partial charge in [0.15, 0.2) is 12.3 Å². The maximum absolute atomic E-state index is 13.3. The standard InChI is InChI=1S/C23H21ClFN3O3/c24-16-7-5-15(6-8-16)13-26-21(29)14-31-23(30)22-19-3-1-2-4-20(19)28(27-22)18-11-9-17(25)10-12-18/h5-12H,1-4,13-14H2,(H,26,29). The molecule has 2 aromatic carbocycles. The highest BCUT2D eigenvalue weighted by atomic mass is 35.5. The number of benzene rings is 2. The van der Waals surface area contributed by atoms with E-state index < -0.39 is 18.5 Å². The Hall–Kier alpha value is -3.19. The molecule has 3 aromatic rings. The molecule has 0 saturated heterocycles. The summed E-state index contributed by atoms with van der Waals surface area (Å²) >= 11 is 5.85. The van der Waals surface area contributed by atoms with E-state index in [4.69, 9.17) is 16.3 Å². The molecule has 160 valence electrons. The third-order valence-corrected chi connectivity index (χ3v) is 5.43.